The smallest absolute Gasteiger partial charge is 0.144 e. The lowest BCUT2D eigenvalue weighted by molar-refractivity contribution is 0.419. The SMILES string of the molecule is COc1c[nH]c2c(C)cccc12. The van der Waals surface area contributed by atoms with Gasteiger partial charge in [0.2, 0.25) is 0 Å². The molecule has 0 aliphatic rings. The van der Waals surface area contributed by atoms with Crippen LogP contribution in [0.5, 0.6) is 5.75 Å². The maximum atomic E-state index is 5.19. The van der Waals surface area contributed by atoms with Crippen LogP contribution < -0.4 is 4.74 Å². The van der Waals surface area contributed by atoms with Crippen molar-refractivity contribution in [3.05, 3.63) is 30.0 Å². The topological polar surface area (TPSA) is 25.0 Å². The summed E-state index contributed by atoms with van der Waals surface area (Å²) < 4.78 is 5.19. The van der Waals surface area contributed by atoms with Gasteiger partial charge in [0.05, 0.1) is 12.6 Å². The van der Waals surface area contributed by atoms with Crippen molar-refractivity contribution < 1.29 is 4.74 Å². The molecule has 1 heterocycles. The maximum Gasteiger partial charge on any atom is 0.144 e. The Morgan fingerprint density at radius 3 is 2.92 bits per heavy atom. The number of benzene rings is 1. The molecule has 0 saturated carbocycles. The molecule has 2 nitrogen and oxygen atoms in total. The van der Waals surface area contributed by atoms with Gasteiger partial charge in [-0.3, -0.25) is 0 Å². The minimum atomic E-state index is 0.911. The van der Waals surface area contributed by atoms with Crippen LogP contribution in [-0.4, -0.2) is 12.1 Å². The number of aryl methyl sites for hydroxylation is 1. The van der Waals surface area contributed by atoms with E-state index in [2.05, 4.69) is 24.0 Å². The van der Waals surface area contributed by atoms with Crippen molar-refractivity contribution in [3.63, 3.8) is 0 Å². The van der Waals surface area contributed by atoms with Crippen LogP contribution in [0.2, 0.25) is 0 Å². The van der Waals surface area contributed by atoms with Gasteiger partial charge in [0, 0.05) is 11.6 Å². The highest BCUT2D eigenvalue weighted by Gasteiger charge is 2.03. The predicted molar refractivity (Wildman–Crippen MR) is 49.6 cm³/mol. The average Bonchev–Trinajstić information content (AvgIpc) is 2.49. The Bertz CT molecular complexity index is 403. The zero-order chi connectivity index (χ0) is 8.55. The number of methoxy groups -OCH3 is 1. The monoisotopic (exact) mass is 161 g/mol. The first-order valence-corrected chi connectivity index (χ1v) is 3.93. The van der Waals surface area contributed by atoms with Crippen LogP contribution in [0.15, 0.2) is 24.4 Å². The van der Waals surface area contributed by atoms with Gasteiger partial charge in [-0.2, -0.15) is 0 Å². The van der Waals surface area contributed by atoms with Crippen molar-refractivity contribution in [1.29, 1.82) is 0 Å². The second kappa shape index (κ2) is 2.55. The van der Waals surface area contributed by atoms with Gasteiger partial charge >= 0.3 is 0 Å². The molecular formula is C10H11NO. The van der Waals surface area contributed by atoms with E-state index in [0.29, 0.717) is 0 Å². The fourth-order valence-electron chi connectivity index (χ4n) is 1.45. The number of hydrogen-bond donors (Lipinski definition) is 1. The van der Waals surface area contributed by atoms with Crippen molar-refractivity contribution in [2.75, 3.05) is 7.11 Å². The molecule has 0 amide bonds. The van der Waals surface area contributed by atoms with Crippen LogP contribution in [-0.2, 0) is 0 Å². The molecule has 0 aliphatic carbocycles. The summed E-state index contributed by atoms with van der Waals surface area (Å²) in [4.78, 5) is 3.18. The van der Waals surface area contributed by atoms with E-state index in [-0.39, 0.29) is 0 Å². The lowest BCUT2D eigenvalue weighted by Crippen LogP contribution is -1.79. The van der Waals surface area contributed by atoms with E-state index in [1.54, 1.807) is 7.11 Å². The number of para-hydroxylation sites is 1. The first kappa shape index (κ1) is 7.22. The molecule has 2 aromatic rings. The number of aromatic nitrogens is 1. The molecule has 0 aliphatic heterocycles. The second-order valence-corrected chi connectivity index (χ2v) is 2.85. The van der Waals surface area contributed by atoms with E-state index in [1.165, 1.54) is 5.56 Å². The van der Waals surface area contributed by atoms with Crippen LogP contribution in [0.1, 0.15) is 5.56 Å². The van der Waals surface area contributed by atoms with E-state index >= 15 is 0 Å². The molecule has 0 unspecified atom stereocenters. The molecule has 2 heteroatoms. The molecule has 0 atom stereocenters. The average molecular weight is 161 g/mol. The third-order valence-corrected chi connectivity index (χ3v) is 2.11. The van der Waals surface area contributed by atoms with Gasteiger partial charge in [0.15, 0.2) is 0 Å². The second-order valence-electron chi connectivity index (χ2n) is 2.85. The van der Waals surface area contributed by atoms with E-state index in [1.807, 2.05) is 12.3 Å². The first-order chi connectivity index (χ1) is 5.83. The number of aromatic amines is 1. The zero-order valence-electron chi connectivity index (χ0n) is 7.22. The van der Waals surface area contributed by atoms with Gasteiger partial charge < -0.3 is 9.72 Å². The predicted octanol–water partition coefficient (Wildman–Crippen LogP) is 2.48. The Kier molecular flexibility index (Phi) is 1.54. The molecule has 1 aromatic heterocycles. The Labute approximate surface area is 71.2 Å². The molecule has 0 spiro atoms. The van der Waals surface area contributed by atoms with Crippen molar-refractivity contribution in [1.82, 2.24) is 4.98 Å². The van der Waals surface area contributed by atoms with E-state index in [0.717, 1.165) is 16.7 Å². The summed E-state index contributed by atoms with van der Waals surface area (Å²) in [7, 11) is 1.69. The van der Waals surface area contributed by atoms with Gasteiger partial charge in [0.25, 0.3) is 0 Å². The van der Waals surface area contributed by atoms with Gasteiger partial charge in [-0.05, 0) is 18.6 Å². The van der Waals surface area contributed by atoms with Gasteiger partial charge in [-0.25, -0.2) is 0 Å². The van der Waals surface area contributed by atoms with E-state index in [4.69, 9.17) is 4.74 Å². The van der Waals surface area contributed by atoms with Crippen molar-refractivity contribution in [3.8, 4) is 5.75 Å². The molecule has 1 N–H and O–H groups in total. The van der Waals surface area contributed by atoms with E-state index in [9.17, 15) is 0 Å². The highest BCUT2D eigenvalue weighted by atomic mass is 16.5. The van der Waals surface area contributed by atoms with Crippen LogP contribution in [0.4, 0.5) is 0 Å². The van der Waals surface area contributed by atoms with Crippen LogP contribution in [0.3, 0.4) is 0 Å². The van der Waals surface area contributed by atoms with Gasteiger partial charge in [-0.1, -0.05) is 12.1 Å². The summed E-state index contributed by atoms with van der Waals surface area (Å²) in [5.41, 5.74) is 2.41. The normalized spacial score (nSPS) is 10.5. The molecule has 0 fully saturated rings. The molecule has 0 saturated heterocycles. The molecule has 1 aromatic carbocycles. The summed E-state index contributed by atoms with van der Waals surface area (Å²) in [5.74, 6) is 0.911. The lowest BCUT2D eigenvalue weighted by atomic mass is 10.2. The standard InChI is InChI=1S/C10H11NO/c1-7-4-3-5-8-9(12-2)6-11-10(7)8/h3-6,11H,1-2H3. The summed E-state index contributed by atoms with van der Waals surface area (Å²) in [6.45, 7) is 2.08. The number of rotatable bonds is 1. The van der Waals surface area contributed by atoms with Crippen molar-refractivity contribution in [2.24, 2.45) is 0 Å². The molecule has 0 bridgehead atoms. The highest BCUT2D eigenvalue weighted by Crippen LogP contribution is 2.26. The molecule has 12 heavy (non-hydrogen) atoms. The Morgan fingerprint density at radius 1 is 1.33 bits per heavy atom. The number of hydrogen-bond acceptors (Lipinski definition) is 1. The number of fused-ring (bicyclic) bond motifs is 1. The largest absolute Gasteiger partial charge is 0.495 e. The first-order valence-electron chi connectivity index (χ1n) is 3.93. The van der Waals surface area contributed by atoms with Gasteiger partial charge in [-0.15, -0.1) is 0 Å². The highest BCUT2D eigenvalue weighted by molar-refractivity contribution is 5.88. The molecule has 62 valence electrons. The van der Waals surface area contributed by atoms with Crippen LogP contribution >= 0.6 is 0 Å². The molecule has 0 radical (unpaired) electrons. The van der Waals surface area contributed by atoms with Crippen LogP contribution in [0, 0.1) is 6.92 Å². The quantitative estimate of drug-likeness (QED) is 0.682. The number of nitrogens with one attached hydrogen (secondary N) is 1. The van der Waals surface area contributed by atoms with Crippen molar-refractivity contribution in [2.45, 2.75) is 6.92 Å². The summed E-state index contributed by atoms with van der Waals surface area (Å²) >= 11 is 0. The Balaban J connectivity index is 2.80. The Morgan fingerprint density at radius 2 is 2.17 bits per heavy atom. The van der Waals surface area contributed by atoms with Crippen molar-refractivity contribution >= 4 is 10.9 Å². The Hall–Kier alpha value is -1.44. The lowest BCUT2D eigenvalue weighted by Gasteiger charge is -1.96. The summed E-state index contributed by atoms with van der Waals surface area (Å²) in [6, 6.07) is 6.17. The fraction of sp³-hybridized carbons (Fsp3) is 0.200. The van der Waals surface area contributed by atoms with E-state index < -0.39 is 0 Å². The minimum Gasteiger partial charge on any atom is -0.495 e. The fourth-order valence-corrected chi connectivity index (χ4v) is 1.45. The number of ether oxygens (including phenoxy) is 1. The third kappa shape index (κ3) is 0.881. The zero-order valence-corrected chi connectivity index (χ0v) is 7.22. The number of H-pyrrole nitrogens is 1. The van der Waals surface area contributed by atoms with Crippen LogP contribution in [0.25, 0.3) is 10.9 Å². The summed E-state index contributed by atoms with van der Waals surface area (Å²) in [5, 5.41) is 1.15. The molecular weight excluding hydrogens is 150 g/mol. The van der Waals surface area contributed by atoms with Gasteiger partial charge in [0.1, 0.15) is 5.75 Å². The summed E-state index contributed by atoms with van der Waals surface area (Å²) in [6.07, 6.45) is 1.89. The minimum absolute atomic E-state index is 0.911. The third-order valence-electron chi connectivity index (χ3n) is 2.11. The molecule has 2 rings (SSSR count). The maximum absolute atomic E-state index is 5.19.